The predicted molar refractivity (Wildman–Crippen MR) is 81.6 cm³/mol. The van der Waals surface area contributed by atoms with E-state index in [1.165, 1.54) is 24.3 Å². The molecule has 2 heterocycles. The number of halogens is 1. The molecule has 6 nitrogen and oxygen atoms in total. The molecule has 0 spiro atoms. The zero-order valence-electron chi connectivity index (χ0n) is 13.1. The van der Waals surface area contributed by atoms with Gasteiger partial charge in [0.25, 0.3) is 5.91 Å². The monoisotopic (exact) mass is 333 g/mol. The molecule has 0 aliphatic carbocycles. The van der Waals surface area contributed by atoms with E-state index in [1.807, 2.05) is 13.8 Å². The van der Waals surface area contributed by atoms with Crippen molar-refractivity contribution < 1.29 is 28.2 Å². The van der Waals surface area contributed by atoms with Crippen LogP contribution in [0.2, 0.25) is 0 Å². The first kappa shape index (κ1) is 16.0. The number of hydrogen-bond donors (Lipinski definition) is 2. The number of fused-ring (bicyclic) bond motifs is 1. The average Bonchev–Trinajstić information content (AvgIpc) is 2.95. The zero-order chi connectivity index (χ0) is 17.5. The number of hydrogen-bond acceptors (Lipinski definition) is 4. The molecule has 24 heavy (non-hydrogen) atoms. The number of benzene rings is 1. The number of rotatable bonds is 3. The lowest BCUT2D eigenvalue weighted by Gasteiger charge is -2.37. The molecule has 0 bridgehead atoms. The maximum Gasteiger partial charge on any atom is 0.371 e. The normalized spacial score (nSPS) is 18.4. The van der Waals surface area contributed by atoms with Crippen LogP contribution in [0, 0.1) is 5.82 Å². The van der Waals surface area contributed by atoms with Gasteiger partial charge in [-0.15, -0.1) is 0 Å². The van der Waals surface area contributed by atoms with Crippen LogP contribution in [0.4, 0.5) is 4.39 Å². The third-order valence-corrected chi connectivity index (χ3v) is 3.78. The maximum atomic E-state index is 13.4. The third-order valence-electron chi connectivity index (χ3n) is 3.78. The molecular weight excluding hydrogens is 317 g/mol. The molecule has 1 aliphatic heterocycles. The van der Waals surface area contributed by atoms with E-state index in [1.54, 1.807) is 6.07 Å². The molecule has 126 valence electrons. The van der Waals surface area contributed by atoms with E-state index in [4.69, 9.17) is 14.3 Å². The Kier molecular flexibility index (Phi) is 3.79. The second-order valence-electron chi connectivity index (χ2n) is 6.24. The van der Waals surface area contributed by atoms with Crippen molar-refractivity contribution in [2.45, 2.75) is 31.9 Å². The number of carbonyl (C=O) groups is 2. The second-order valence-corrected chi connectivity index (χ2v) is 6.24. The van der Waals surface area contributed by atoms with Gasteiger partial charge in [0.15, 0.2) is 5.76 Å². The van der Waals surface area contributed by atoms with E-state index < -0.39 is 29.3 Å². The Hall–Kier alpha value is -2.83. The molecule has 0 fully saturated rings. The van der Waals surface area contributed by atoms with Crippen LogP contribution in [0.1, 0.15) is 53.0 Å². The first-order valence-electron chi connectivity index (χ1n) is 7.38. The molecule has 7 heteroatoms. The lowest BCUT2D eigenvalue weighted by Crippen LogP contribution is -2.41. The first-order chi connectivity index (χ1) is 11.2. The largest absolute Gasteiger partial charge is 0.487 e. The van der Waals surface area contributed by atoms with E-state index >= 15 is 0 Å². The summed E-state index contributed by atoms with van der Waals surface area (Å²) in [4.78, 5) is 23.2. The Labute approximate surface area is 137 Å². The zero-order valence-corrected chi connectivity index (χ0v) is 13.1. The number of nitrogens with one attached hydrogen (secondary N) is 1. The topological polar surface area (TPSA) is 88.8 Å². The number of amides is 1. The minimum absolute atomic E-state index is 0.0969. The van der Waals surface area contributed by atoms with Gasteiger partial charge < -0.3 is 19.6 Å². The summed E-state index contributed by atoms with van der Waals surface area (Å²) in [5.41, 5.74) is 0.0720. The van der Waals surface area contributed by atoms with Gasteiger partial charge in [0, 0.05) is 18.1 Å². The predicted octanol–water partition coefficient (Wildman–Crippen LogP) is 3.15. The molecule has 1 aromatic carbocycles. The number of furan rings is 1. The summed E-state index contributed by atoms with van der Waals surface area (Å²) in [6.45, 7) is 3.69. The molecule has 0 radical (unpaired) electrons. The van der Waals surface area contributed by atoms with Crippen molar-refractivity contribution in [3.8, 4) is 5.75 Å². The van der Waals surface area contributed by atoms with E-state index in [0.717, 1.165) is 0 Å². The van der Waals surface area contributed by atoms with E-state index in [-0.39, 0.29) is 11.5 Å². The van der Waals surface area contributed by atoms with Crippen LogP contribution in [0.3, 0.4) is 0 Å². The molecule has 1 unspecified atom stereocenters. The van der Waals surface area contributed by atoms with Gasteiger partial charge in [-0.1, -0.05) is 6.07 Å². The molecule has 1 amide bonds. The number of carboxylic acid groups (broad SMARTS) is 1. The Morgan fingerprint density at radius 3 is 2.62 bits per heavy atom. The summed E-state index contributed by atoms with van der Waals surface area (Å²) in [7, 11) is 0. The highest BCUT2D eigenvalue weighted by Gasteiger charge is 2.35. The lowest BCUT2D eigenvalue weighted by molar-refractivity contribution is 0.0606. The molecule has 2 N–H and O–H groups in total. The molecule has 3 rings (SSSR count). The summed E-state index contributed by atoms with van der Waals surface area (Å²) in [5, 5.41) is 11.6. The van der Waals surface area contributed by atoms with Crippen molar-refractivity contribution in [2.24, 2.45) is 0 Å². The van der Waals surface area contributed by atoms with Gasteiger partial charge in [0.2, 0.25) is 5.76 Å². The number of carbonyl (C=O) groups excluding carboxylic acids is 1. The van der Waals surface area contributed by atoms with E-state index in [2.05, 4.69) is 5.32 Å². The fraction of sp³-hybridized carbons (Fsp3) is 0.294. The highest BCUT2D eigenvalue weighted by Crippen LogP contribution is 2.39. The minimum Gasteiger partial charge on any atom is -0.487 e. The van der Waals surface area contributed by atoms with Crippen molar-refractivity contribution in [3.63, 3.8) is 0 Å². The van der Waals surface area contributed by atoms with E-state index in [0.29, 0.717) is 17.7 Å². The summed E-state index contributed by atoms with van der Waals surface area (Å²) in [5.74, 6) is -2.24. The molecular formula is C17H16FNO5. The number of carboxylic acids is 1. The van der Waals surface area contributed by atoms with Gasteiger partial charge in [-0.2, -0.15) is 0 Å². The maximum absolute atomic E-state index is 13.4. The summed E-state index contributed by atoms with van der Waals surface area (Å²) < 4.78 is 24.2. The third kappa shape index (κ3) is 3.10. The quantitative estimate of drug-likeness (QED) is 0.901. The van der Waals surface area contributed by atoms with E-state index in [9.17, 15) is 14.0 Å². The second kappa shape index (κ2) is 5.67. The molecule has 0 saturated heterocycles. The van der Waals surface area contributed by atoms with Crippen LogP contribution in [-0.2, 0) is 0 Å². The van der Waals surface area contributed by atoms with Crippen LogP contribution < -0.4 is 10.1 Å². The number of aromatic carboxylic acids is 1. The Morgan fingerprint density at radius 1 is 1.25 bits per heavy atom. The Bertz CT molecular complexity index is 811. The van der Waals surface area contributed by atoms with Gasteiger partial charge in [-0.25, -0.2) is 9.18 Å². The Morgan fingerprint density at radius 2 is 1.96 bits per heavy atom. The van der Waals surface area contributed by atoms with Gasteiger partial charge in [-0.05, 0) is 32.0 Å². The molecule has 1 aliphatic rings. The average molecular weight is 333 g/mol. The van der Waals surface area contributed by atoms with Crippen molar-refractivity contribution in [2.75, 3.05) is 0 Å². The number of ether oxygens (including phenoxy) is 1. The molecule has 0 saturated carbocycles. The standard InChI is InChI=1S/C17H16FNO5/c1-17(2)8-11(10-4-3-9(18)7-14(10)24-17)19-15(20)12-5-6-13(23-12)16(21)22/h3-7,11H,8H2,1-2H3,(H,19,20)(H,21,22). The van der Waals surface area contributed by atoms with Gasteiger partial charge in [-0.3, -0.25) is 4.79 Å². The molecule has 1 aromatic heterocycles. The SMILES string of the molecule is CC1(C)CC(NC(=O)c2ccc(C(=O)O)o2)c2ccc(F)cc2O1. The van der Waals surface area contributed by atoms with Crippen molar-refractivity contribution >= 4 is 11.9 Å². The van der Waals surface area contributed by atoms with Crippen LogP contribution in [-0.4, -0.2) is 22.6 Å². The minimum atomic E-state index is -1.25. The smallest absolute Gasteiger partial charge is 0.371 e. The highest BCUT2D eigenvalue weighted by atomic mass is 19.1. The lowest BCUT2D eigenvalue weighted by atomic mass is 9.89. The highest BCUT2D eigenvalue weighted by molar-refractivity contribution is 5.93. The fourth-order valence-corrected chi connectivity index (χ4v) is 2.76. The van der Waals surface area contributed by atoms with Gasteiger partial charge >= 0.3 is 5.97 Å². The van der Waals surface area contributed by atoms with Crippen LogP contribution in [0.5, 0.6) is 5.75 Å². The Balaban J connectivity index is 1.86. The van der Waals surface area contributed by atoms with Crippen LogP contribution >= 0.6 is 0 Å². The van der Waals surface area contributed by atoms with Crippen LogP contribution in [0.15, 0.2) is 34.7 Å². The van der Waals surface area contributed by atoms with Gasteiger partial charge in [0.1, 0.15) is 17.2 Å². The van der Waals surface area contributed by atoms with Crippen LogP contribution in [0.25, 0.3) is 0 Å². The fourth-order valence-electron chi connectivity index (χ4n) is 2.76. The molecule has 1 atom stereocenters. The van der Waals surface area contributed by atoms with Crippen molar-refractivity contribution in [1.29, 1.82) is 0 Å². The summed E-state index contributed by atoms with van der Waals surface area (Å²) in [6, 6.07) is 6.26. The summed E-state index contributed by atoms with van der Waals surface area (Å²) in [6.07, 6.45) is 0.476. The summed E-state index contributed by atoms with van der Waals surface area (Å²) >= 11 is 0. The molecule has 2 aromatic rings. The van der Waals surface area contributed by atoms with Crippen molar-refractivity contribution in [1.82, 2.24) is 5.32 Å². The van der Waals surface area contributed by atoms with Gasteiger partial charge in [0.05, 0.1) is 6.04 Å². The van der Waals surface area contributed by atoms with Crippen molar-refractivity contribution in [3.05, 3.63) is 53.2 Å². The first-order valence-corrected chi connectivity index (χ1v) is 7.38.